The van der Waals surface area contributed by atoms with Gasteiger partial charge >= 0.3 is 0 Å². The Morgan fingerprint density at radius 2 is 2.26 bits per heavy atom. The predicted molar refractivity (Wildman–Crippen MR) is 112 cm³/mol. The summed E-state index contributed by atoms with van der Waals surface area (Å²) in [5, 5.41) is 10.9. The molecule has 0 radical (unpaired) electrons. The Morgan fingerprint density at radius 1 is 1.33 bits per heavy atom. The van der Waals surface area contributed by atoms with Crippen LogP contribution in [0.1, 0.15) is 30.0 Å². The molecule has 1 aliphatic heterocycles. The molecule has 2 aromatic rings. The number of ether oxygens (including phenoxy) is 2. The van der Waals surface area contributed by atoms with E-state index in [0.29, 0.717) is 25.6 Å². The number of benzene rings is 1. The van der Waals surface area contributed by atoms with E-state index >= 15 is 0 Å². The van der Waals surface area contributed by atoms with Crippen LogP contribution >= 0.6 is 11.3 Å². The monoisotopic (exact) mass is 387 g/mol. The Kier molecular flexibility index (Phi) is 7.54. The number of nitrogens with zero attached hydrogens (tertiary/aromatic N) is 1. The van der Waals surface area contributed by atoms with Gasteiger partial charge in [0.15, 0.2) is 5.96 Å². The van der Waals surface area contributed by atoms with Crippen molar-refractivity contribution >= 4 is 17.3 Å². The van der Waals surface area contributed by atoms with Gasteiger partial charge in [0.1, 0.15) is 5.75 Å². The molecular formula is C21H29N3O2S. The van der Waals surface area contributed by atoms with Crippen LogP contribution in [0.4, 0.5) is 0 Å². The molecule has 1 fully saturated rings. The first-order valence-corrected chi connectivity index (χ1v) is 10.5. The maximum atomic E-state index is 6.13. The summed E-state index contributed by atoms with van der Waals surface area (Å²) in [6.07, 6.45) is 1.08. The van der Waals surface area contributed by atoms with Crippen LogP contribution in [0.25, 0.3) is 0 Å². The number of hydrogen-bond acceptors (Lipinski definition) is 4. The van der Waals surface area contributed by atoms with E-state index in [0.717, 1.165) is 43.5 Å². The summed E-state index contributed by atoms with van der Waals surface area (Å²) in [5.74, 6) is 2.26. The van der Waals surface area contributed by atoms with E-state index in [1.165, 1.54) is 11.1 Å². The van der Waals surface area contributed by atoms with E-state index in [1.54, 1.807) is 11.3 Å². The van der Waals surface area contributed by atoms with Gasteiger partial charge in [0.25, 0.3) is 0 Å². The van der Waals surface area contributed by atoms with Crippen LogP contribution in [0.15, 0.2) is 40.0 Å². The molecule has 1 aromatic carbocycles. The number of guanidine groups is 1. The molecule has 3 rings (SSSR count). The highest BCUT2D eigenvalue weighted by atomic mass is 32.1. The Labute approximate surface area is 165 Å². The van der Waals surface area contributed by atoms with Crippen LogP contribution < -0.4 is 15.4 Å². The molecule has 2 N–H and O–H groups in total. The number of rotatable bonds is 8. The number of thiophene rings is 1. The maximum absolute atomic E-state index is 6.13. The molecule has 0 amide bonds. The summed E-state index contributed by atoms with van der Waals surface area (Å²) in [7, 11) is 0. The molecule has 2 heterocycles. The molecule has 0 saturated carbocycles. The minimum absolute atomic E-state index is 0.496. The van der Waals surface area contributed by atoms with Crippen molar-refractivity contribution in [2.75, 3.05) is 26.4 Å². The van der Waals surface area contributed by atoms with Gasteiger partial charge < -0.3 is 20.1 Å². The topological polar surface area (TPSA) is 54.9 Å². The summed E-state index contributed by atoms with van der Waals surface area (Å²) in [5.41, 5.74) is 3.57. The lowest BCUT2D eigenvalue weighted by molar-refractivity contribution is 0.166. The van der Waals surface area contributed by atoms with E-state index in [1.807, 2.05) is 0 Å². The standard InChI is InChI=1S/C21H29N3O2S/c1-3-22-21(23-11-17-7-9-27-15-17)24-12-19-5-4-16(2)10-20(19)26-14-18-6-8-25-13-18/h4-5,7,9-10,15,18H,3,6,8,11-14H2,1-2H3,(H2,22,23,24). The van der Waals surface area contributed by atoms with Crippen molar-refractivity contribution in [2.45, 2.75) is 33.4 Å². The fourth-order valence-electron chi connectivity index (χ4n) is 2.94. The molecular weight excluding hydrogens is 358 g/mol. The SMILES string of the molecule is CCNC(=NCc1ccsc1)NCc1ccc(C)cc1OCC1CCOC1. The molecule has 1 unspecified atom stereocenters. The second-order valence-corrected chi connectivity index (χ2v) is 7.61. The average molecular weight is 388 g/mol. The van der Waals surface area contributed by atoms with Gasteiger partial charge in [-0.3, -0.25) is 0 Å². The van der Waals surface area contributed by atoms with Gasteiger partial charge in [-0.1, -0.05) is 12.1 Å². The lowest BCUT2D eigenvalue weighted by Gasteiger charge is -2.17. The largest absolute Gasteiger partial charge is 0.493 e. The van der Waals surface area contributed by atoms with Crippen molar-refractivity contribution in [1.82, 2.24) is 10.6 Å². The van der Waals surface area contributed by atoms with Crippen molar-refractivity contribution in [3.8, 4) is 5.75 Å². The van der Waals surface area contributed by atoms with E-state index in [4.69, 9.17) is 9.47 Å². The molecule has 1 aromatic heterocycles. The Balaban J connectivity index is 1.61. The van der Waals surface area contributed by atoms with Crippen LogP contribution in [0.2, 0.25) is 0 Å². The number of aliphatic imine (C=N–C) groups is 1. The third-order valence-corrected chi connectivity index (χ3v) is 5.24. The fraction of sp³-hybridized carbons (Fsp3) is 0.476. The molecule has 1 saturated heterocycles. The highest BCUT2D eigenvalue weighted by Crippen LogP contribution is 2.22. The zero-order valence-electron chi connectivity index (χ0n) is 16.2. The van der Waals surface area contributed by atoms with Gasteiger partial charge in [0.2, 0.25) is 0 Å². The summed E-state index contributed by atoms with van der Waals surface area (Å²) in [4.78, 5) is 4.67. The van der Waals surface area contributed by atoms with Gasteiger partial charge in [0.05, 0.1) is 19.8 Å². The van der Waals surface area contributed by atoms with E-state index in [-0.39, 0.29) is 0 Å². The summed E-state index contributed by atoms with van der Waals surface area (Å²) in [6, 6.07) is 8.47. The lowest BCUT2D eigenvalue weighted by atomic mass is 10.1. The van der Waals surface area contributed by atoms with Crippen LogP contribution in [0, 0.1) is 12.8 Å². The molecule has 0 spiro atoms. The van der Waals surface area contributed by atoms with E-state index < -0.39 is 0 Å². The highest BCUT2D eigenvalue weighted by molar-refractivity contribution is 7.07. The molecule has 0 aliphatic carbocycles. The minimum atomic E-state index is 0.496. The Hall–Kier alpha value is -2.05. The Morgan fingerprint density at radius 3 is 3.00 bits per heavy atom. The molecule has 146 valence electrons. The van der Waals surface area contributed by atoms with E-state index in [2.05, 4.69) is 64.5 Å². The molecule has 6 heteroatoms. The lowest BCUT2D eigenvalue weighted by Crippen LogP contribution is -2.36. The highest BCUT2D eigenvalue weighted by Gasteiger charge is 2.17. The molecule has 0 bridgehead atoms. The smallest absolute Gasteiger partial charge is 0.191 e. The van der Waals surface area contributed by atoms with Crippen LogP contribution in [-0.2, 0) is 17.8 Å². The van der Waals surface area contributed by atoms with Crippen LogP contribution in [0.5, 0.6) is 5.75 Å². The third kappa shape index (κ3) is 6.26. The van der Waals surface area contributed by atoms with Gasteiger partial charge in [-0.2, -0.15) is 11.3 Å². The predicted octanol–water partition coefficient (Wildman–Crippen LogP) is 3.73. The Bertz CT molecular complexity index is 725. The van der Waals surface area contributed by atoms with Crippen molar-refractivity contribution in [2.24, 2.45) is 10.9 Å². The summed E-state index contributed by atoms with van der Waals surface area (Å²) in [6.45, 7) is 8.71. The van der Waals surface area contributed by atoms with Gasteiger partial charge in [0, 0.05) is 31.2 Å². The molecule has 27 heavy (non-hydrogen) atoms. The van der Waals surface area contributed by atoms with Crippen molar-refractivity contribution < 1.29 is 9.47 Å². The normalized spacial score (nSPS) is 17.1. The summed E-state index contributed by atoms with van der Waals surface area (Å²) >= 11 is 1.70. The van der Waals surface area contributed by atoms with Gasteiger partial charge in [-0.15, -0.1) is 0 Å². The van der Waals surface area contributed by atoms with Gasteiger partial charge in [-0.05, 0) is 54.3 Å². The first-order chi connectivity index (χ1) is 13.2. The second kappa shape index (κ2) is 10.3. The second-order valence-electron chi connectivity index (χ2n) is 6.83. The number of hydrogen-bond donors (Lipinski definition) is 2. The average Bonchev–Trinajstić information content (AvgIpc) is 3.37. The third-order valence-electron chi connectivity index (χ3n) is 4.51. The quantitative estimate of drug-likeness (QED) is 0.535. The number of nitrogens with one attached hydrogen (secondary N) is 2. The zero-order chi connectivity index (χ0) is 18.9. The van der Waals surface area contributed by atoms with E-state index in [9.17, 15) is 0 Å². The van der Waals surface area contributed by atoms with Crippen molar-refractivity contribution in [3.63, 3.8) is 0 Å². The van der Waals surface area contributed by atoms with Gasteiger partial charge in [-0.25, -0.2) is 4.99 Å². The number of aryl methyl sites for hydroxylation is 1. The first-order valence-electron chi connectivity index (χ1n) is 9.58. The van der Waals surface area contributed by atoms with Crippen LogP contribution in [-0.4, -0.2) is 32.3 Å². The molecule has 5 nitrogen and oxygen atoms in total. The minimum Gasteiger partial charge on any atom is -0.493 e. The maximum Gasteiger partial charge on any atom is 0.191 e. The van der Waals surface area contributed by atoms with Crippen LogP contribution in [0.3, 0.4) is 0 Å². The summed E-state index contributed by atoms with van der Waals surface area (Å²) < 4.78 is 11.6. The van der Waals surface area contributed by atoms with Crippen molar-refractivity contribution in [1.29, 1.82) is 0 Å². The van der Waals surface area contributed by atoms with Crippen molar-refractivity contribution in [3.05, 3.63) is 51.7 Å². The fourth-order valence-corrected chi connectivity index (χ4v) is 3.60. The zero-order valence-corrected chi connectivity index (χ0v) is 17.0. The molecule has 1 aliphatic rings. The first kappa shape index (κ1) is 19.7. The molecule has 1 atom stereocenters.